The number of amides is 2. The number of hydrogen-bond acceptors (Lipinski definition) is 4. The van der Waals surface area contributed by atoms with Crippen LogP contribution in [0.1, 0.15) is 28.5 Å². The van der Waals surface area contributed by atoms with Gasteiger partial charge >= 0.3 is 6.09 Å². The summed E-state index contributed by atoms with van der Waals surface area (Å²) in [4.78, 5) is 28.6. The third-order valence-electron chi connectivity index (χ3n) is 5.40. The van der Waals surface area contributed by atoms with Gasteiger partial charge in [0.2, 0.25) is 5.71 Å². The molecular weight excluding hydrogens is 370 g/mol. The van der Waals surface area contributed by atoms with Gasteiger partial charge in [0.1, 0.15) is 5.69 Å². The van der Waals surface area contributed by atoms with Crippen LogP contribution in [0.25, 0.3) is 11.1 Å². The van der Waals surface area contributed by atoms with Crippen molar-refractivity contribution in [2.75, 3.05) is 32.8 Å². The normalized spacial score (nSPS) is 14.4. The molecule has 7 nitrogen and oxygen atoms in total. The van der Waals surface area contributed by atoms with Gasteiger partial charge in [-0.2, -0.15) is 0 Å². The minimum Gasteiger partial charge on any atom is -0.450 e. The quantitative estimate of drug-likeness (QED) is 0.678. The number of carbonyl (C=O) groups is 2. The molecule has 1 saturated heterocycles. The van der Waals surface area contributed by atoms with E-state index in [2.05, 4.69) is 19.1 Å². The first-order valence-electron chi connectivity index (χ1n) is 9.90. The average molecular weight is 395 g/mol. The van der Waals surface area contributed by atoms with Crippen molar-refractivity contribution in [3.05, 3.63) is 59.5 Å². The van der Waals surface area contributed by atoms with Crippen LogP contribution in [0.5, 0.6) is 0 Å². The summed E-state index contributed by atoms with van der Waals surface area (Å²) in [6.45, 7) is 6.67. The first-order valence-corrected chi connectivity index (χ1v) is 9.90. The minimum atomic E-state index is -0.319. The van der Waals surface area contributed by atoms with Crippen molar-refractivity contribution in [2.24, 2.45) is 0 Å². The second-order valence-electron chi connectivity index (χ2n) is 7.20. The highest BCUT2D eigenvalue weighted by molar-refractivity contribution is 5.98. The van der Waals surface area contributed by atoms with Gasteiger partial charge in [0.15, 0.2) is 0 Å². The molecule has 0 spiro atoms. The van der Waals surface area contributed by atoms with Gasteiger partial charge in [0.05, 0.1) is 19.4 Å². The Morgan fingerprint density at radius 3 is 2.52 bits per heavy atom. The molecule has 0 atom stereocenters. The molecule has 4 rings (SSSR count). The summed E-state index contributed by atoms with van der Waals surface area (Å²) in [7, 11) is 0. The third-order valence-corrected chi connectivity index (χ3v) is 5.40. The van der Waals surface area contributed by atoms with E-state index in [9.17, 15) is 9.59 Å². The van der Waals surface area contributed by atoms with Crippen molar-refractivity contribution in [1.29, 1.82) is 0 Å². The fourth-order valence-electron chi connectivity index (χ4n) is 3.74. The summed E-state index contributed by atoms with van der Waals surface area (Å²) in [5.74, 6) is -0.0477. The zero-order valence-electron chi connectivity index (χ0n) is 16.8. The van der Waals surface area contributed by atoms with Crippen molar-refractivity contribution < 1.29 is 18.7 Å². The fourth-order valence-corrected chi connectivity index (χ4v) is 3.74. The molecule has 0 saturated carbocycles. The lowest BCUT2D eigenvalue weighted by atomic mass is 10.1. The van der Waals surface area contributed by atoms with Gasteiger partial charge in [0, 0.05) is 31.6 Å². The highest BCUT2D eigenvalue weighted by Crippen LogP contribution is 2.25. The predicted molar refractivity (Wildman–Crippen MR) is 109 cm³/mol. The van der Waals surface area contributed by atoms with Crippen molar-refractivity contribution in [2.45, 2.75) is 20.4 Å². The molecule has 1 aromatic carbocycles. The second kappa shape index (κ2) is 8.03. The second-order valence-corrected chi connectivity index (χ2v) is 7.20. The van der Waals surface area contributed by atoms with Crippen LogP contribution in [0.15, 0.2) is 47.1 Å². The molecule has 0 N–H and O–H groups in total. The smallest absolute Gasteiger partial charge is 0.409 e. The molecule has 0 radical (unpaired) electrons. The van der Waals surface area contributed by atoms with Crippen LogP contribution in [0, 0.1) is 6.92 Å². The predicted octanol–water partition coefficient (Wildman–Crippen LogP) is 3.51. The van der Waals surface area contributed by atoms with E-state index in [1.165, 1.54) is 5.56 Å². The lowest BCUT2D eigenvalue weighted by Gasteiger charge is -2.34. The van der Waals surface area contributed by atoms with Crippen LogP contribution in [0.4, 0.5) is 4.79 Å². The summed E-state index contributed by atoms with van der Waals surface area (Å²) in [5, 5.41) is 0.909. The maximum Gasteiger partial charge on any atom is 0.409 e. The molecule has 3 aromatic rings. The van der Waals surface area contributed by atoms with E-state index in [1.807, 2.05) is 28.8 Å². The van der Waals surface area contributed by atoms with E-state index in [0.29, 0.717) is 50.7 Å². The SMILES string of the molecule is CCOC(=O)N1CCN(C(=O)c2cc3ccoc3n2Cc2ccccc2C)CC1. The van der Waals surface area contributed by atoms with Crippen LogP contribution < -0.4 is 0 Å². The van der Waals surface area contributed by atoms with Crippen molar-refractivity contribution in [3.63, 3.8) is 0 Å². The summed E-state index contributed by atoms with van der Waals surface area (Å²) in [6.07, 6.45) is 1.32. The Hall–Kier alpha value is -3.22. The number of piperazine rings is 1. The van der Waals surface area contributed by atoms with Crippen molar-refractivity contribution in [3.8, 4) is 0 Å². The fraction of sp³-hybridized carbons (Fsp3) is 0.364. The van der Waals surface area contributed by atoms with Gasteiger partial charge in [-0.25, -0.2) is 4.79 Å². The van der Waals surface area contributed by atoms with E-state index in [0.717, 1.165) is 10.9 Å². The van der Waals surface area contributed by atoms with Crippen molar-refractivity contribution in [1.82, 2.24) is 14.4 Å². The third kappa shape index (κ3) is 3.72. The van der Waals surface area contributed by atoms with E-state index < -0.39 is 0 Å². The first kappa shape index (κ1) is 19.1. The standard InChI is InChI=1S/C22H25N3O4/c1-3-28-22(27)24-11-9-23(10-12-24)20(26)19-14-17-8-13-29-21(17)25(19)15-18-7-5-4-6-16(18)2/h4-8,13-14H,3,9-12,15H2,1-2H3. The summed E-state index contributed by atoms with van der Waals surface area (Å²) in [6, 6.07) is 11.9. The summed E-state index contributed by atoms with van der Waals surface area (Å²) < 4.78 is 12.7. The average Bonchev–Trinajstić information content (AvgIpc) is 3.32. The van der Waals surface area contributed by atoms with Crippen LogP contribution in [-0.2, 0) is 11.3 Å². The number of ether oxygens (including phenoxy) is 1. The molecule has 0 bridgehead atoms. The number of nitrogens with zero attached hydrogens (tertiary/aromatic N) is 3. The van der Waals surface area contributed by atoms with Crippen molar-refractivity contribution >= 4 is 23.1 Å². The number of hydrogen-bond donors (Lipinski definition) is 0. The molecule has 2 amide bonds. The zero-order chi connectivity index (χ0) is 20.4. The Labute approximate surface area is 169 Å². The number of fused-ring (bicyclic) bond motifs is 1. The molecule has 1 fully saturated rings. The highest BCUT2D eigenvalue weighted by Gasteiger charge is 2.28. The molecule has 7 heteroatoms. The van der Waals surface area contributed by atoms with Gasteiger partial charge in [-0.3, -0.25) is 4.79 Å². The number of aromatic nitrogens is 1. The molecular formula is C22H25N3O4. The van der Waals surface area contributed by atoms with Gasteiger partial charge in [-0.1, -0.05) is 24.3 Å². The largest absolute Gasteiger partial charge is 0.450 e. The molecule has 0 aliphatic carbocycles. The summed E-state index contributed by atoms with van der Waals surface area (Å²) >= 11 is 0. The number of aryl methyl sites for hydroxylation is 1. The van der Waals surface area contributed by atoms with E-state index >= 15 is 0 Å². The highest BCUT2D eigenvalue weighted by atomic mass is 16.6. The molecule has 1 aliphatic heterocycles. The minimum absolute atomic E-state index is 0.0477. The molecule has 29 heavy (non-hydrogen) atoms. The number of carbonyl (C=O) groups excluding carboxylic acids is 2. The lowest BCUT2D eigenvalue weighted by molar-refractivity contribution is 0.0562. The zero-order valence-corrected chi connectivity index (χ0v) is 16.8. The monoisotopic (exact) mass is 395 g/mol. The van der Waals surface area contributed by atoms with Crippen LogP contribution in [0.3, 0.4) is 0 Å². The van der Waals surface area contributed by atoms with Crippen LogP contribution >= 0.6 is 0 Å². The maximum atomic E-state index is 13.3. The molecule has 0 unspecified atom stereocenters. The summed E-state index contributed by atoms with van der Waals surface area (Å²) in [5.41, 5.74) is 3.61. The molecule has 1 aliphatic rings. The van der Waals surface area contributed by atoms with Gasteiger partial charge in [-0.15, -0.1) is 0 Å². The van der Waals surface area contributed by atoms with Gasteiger partial charge in [-0.05, 0) is 37.1 Å². The van der Waals surface area contributed by atoms with E-state index in [-0.39, 0.29) is 12.0 Å². The van der Waals surface area contributed by atoms with Crippen LogP contribution in [-0.4, -0.2) is 59.2 Å². The number of rotatable bonds is 4. The maximum absolute atomic E-state index is 13.3. The topological polar surface area (TPSA) is 67.9 Å². The number of benzene rings is 1. The Morgan fingerprint density at radius 2 is 1.79 bits per heavy atom. The van der Waals surface area contributed by atoms with E-state index in [1.54, 1.807) is 23.0 Å². The lowest BCUT2D eigenvalue weighted by Crippen LogP contribution is -2.51. The van der Waals surface area contributed by atoms with Crippen LogP contribution in [0.2, 0.25) is 0 Å². The first-order chi connectivity index (χ1) is 14.1. The van der Waals surface area contributed by atoms with Gasteiger partial charge < -0.3 is 23.5 Å². The molecule has 152 valence electrons. The number of furan rings is 1. The Kier molecular flexibility index (Phi) is 5.29. The Balaban J connectivity index is 1.56. The Morgan fingerprint density at radius 1 is 1.07 bits per heavy atom. The van der Waals surface area contributed by atoms with E-state index in [4.69, 9.17) is 9.15 Å². The Bertz CT molecular complexity index is 1030. The molecule has 3 heterocycles. The van der Waals surface area contributed by atoms with Gasteiger partial charge in [0.25, 0.3) is 5.91 Å². The molecule has 2 aromatic heterocycles.